The van der Waals surface area contributed by atoms with Crippen molar-refractivity contribution in [2.24, 2.45) is 0 Å². The van der Waals surface area contributed by atoms with Gasteiger partial charge < -0.3 is 15.0 Å². The van der Waals surface area contributed by atoms with Crippen molar-refractivity contribution in [2.45, 2.75) is 57.7 Å². The first-order chi connectivity index (χ1) is 7.74. The van der Waals surface area contributed by atoms with Gasteiger partial charge in [-0.15, -0.1) is 0 Å². The third kappa shape index (κ3) is 3.72. The van der Waals surface area contributed by atoms with E-state index in [1.807, 2.05) is 0 Å². The van der Waals surface area contributed by atoms with Crippen molar-refractivity contribution in [1.29, 1.82) is 0 Å². The van der Waals surface area contributed by atoms with Gasteiger partial charge in [0.1, 0.15) is 0 Å². The Bertz CT molecular complexity index is 202. The minimum atomic E-state index is 0.553. The van der Waals surface area contributed by atoms with E-state index in [0.717, 1.165) is 6.61 Å². The third-order valence-corrected chi connectivity index (χ3v) is 3.63. The summed E-state index contributed by atoms with van der Waals surface area (Å²) in [6.07, 6.45) is 5.64. The van der Waals surface area contributed by atoms with Gasteiger partial charge in [-0.1, -0.05) is 13.8 Å². The van der Waals surface area contributed by atoms with Crippen LogP contribution >= 0.6 is 0 Å². The number of nitrogens with zero attached hydrogens (tertiary/aromatic N) is 1. The molecule has 2 heterocycles. The van der Waals surface area contributed by atoms with Gasteiger partial charge in [0.15, 0.2) is 0 Å². The number of hydrogen-bond acceptors (Lipinski definition) is 3. The molecule has 2 fully saturated rings. The van der Waals surface area contributed by atoms with Crippen LogP contribution in [-0.2, 0) is 4.74 Å². The Morgan fingerprint density at radius 3 is 2.94 bits per heavy atom. The molecular formula is C13H26N2O. The topological polar surface area (TPSA) is 24.5 Å². The Labute approximate surface area is 99.5 Å². The quantitative estimate of drug-likeness (QED) is 0.771. The second-order valence-electron chi connectivity index (χ2n) is 5.53. The number of hydrogen-bond donors (Lipinski definition) is 1. The van der Waals surface area contributed by atoms with Crippen LogP contribution in [0.5, 0.6) is 0 Å². The molecule has 0 amide bonds. The monoisotopic (exact) mass is 226 g/mol. The van der Waals surface area contributed by atoms with Crippen LogP contribution in [0.4, 0.5) is 0 Å². The zero-order valence-corrected chi connectivity index (χ0v) is 10.7. The van der Waals surface area contributed by atoms with Crippen LogP contribution in [0.1, 0.15) is 39.5 Å². The van der Waals surface area contributed by atoms with Gasteiger partial charge in [0.25, 0.3) is 0 Å². The summed E-state index contributed by atoms with van der Waals surface area (Å²) in [7, 11) is 0. The standard InChI is InChI=1S/C13H26N2O/c1-11(2)14-12-5-7-15(10-12)8-6-13-4-3-9-16-13/h11-14H,3-10H2,1-2H3. The van der Waals surface area contributed by atoms with Crippen molar-refractivity contribution in [3.63, 3.8) is 0 Å². The zero-order chi connectivity index (χ0) is 11.4. The number of nitrogens with one attached hydrogen (secondary N) is 1. The molecule has 0 aliphatic carbocycles. The molecule has 0 aromatic rings. The van der Waals surface area contributed by atoms with E-state index < -0.39 is 0 Å². The largest absolute Gasteiger partial charge is 0.378 e. The Morgan fingerprint density at radius 2 is 2.25 bits per heavy atom. The summed E-state index contributed by atoms with van der Waals surface area (Å²) < 4.78 is 5.66. The van der Waals surface area contributed by atoms with Gasteiger partial charge in [-0.2, -0.15) is 0 Å². The summed E-state index contributed by atoms with van der Waals surface area (Å²) in [5.74, 6) is 0. The fraction of sp³-hybridized carbons (Fsp3) is 1.00. The van der Waals surface area contributed by atoms with Gasteiger partial charge >= 0.3 is 0 Å². The summed E-state index contributed by atoms with van der Waals surface area (Å²) in [6, 6.07) is 1.33. The molecule has 16 heavy (non-hydrogen) atoms. The molecule has 2 aliphatic heterocycles. The fourth-order valence-corrected chi connectivity index (χ4v) is 2.84. The SMILES string of the molecule is CC(C)NC1CCN(CCC2CCCO2)C1. The zero-order valence-electron chi connectivity index (χ0n) is 10.7. The predicted molar refractivity (Wildman–Crippen MR) is 66.7 cm³/mol. The lowest BCUT2D eigenvalue weighted by molar-refractivity contribution is 0.0946. The van der Waals surface area contributed by atoms with Crippen LogP contribution in [0.25, 0.3) is 0 Å². The summed E-state index contributed by atoms with van der Waals surface area (Å²) in [5.41, 5.74) is 0. The summed E-state index contributed by atoms with van der Waals surface area (Å²) in [4.78, 5) is 2.59. The molecule has 2 atom stereocenters. The van der Waals surface area contributed by atoms with Gasteiger partial charge in [-0.25, -0.2) is 0 Å². The van der Waals surface area contributed by atoms with Crippen LogP contribution in [0.15, 0.2) is 0 Å². The summed E-state index contributed by atoms with van der Waals surface area (Å²) in [5, 5.41) is 3.63. The molecule has 2 saturated heterocycles. The number of likely N-dealkylation sites (tertiary alicyclic amines) is 1. The van der Waals surface area contributed by atoms with Gasteiger partial charge in [-0.3, -0.25) is 0 Å². The number of ether oxygens (including phenoxy) is 1. The molecule has 0 saturated carbocycles. The van der Waals surface area contributed by atoms with Gasteiger partial charge in [0.2, 0.25) is 0 Å². The molecule has 0 aromatic carbocycles. The first-order valence-electron chi connectivity index (χ1n) is 6.84. The van der Waals surface area contributed by atoms with Crippen LogP contribution in [0.2, 0.25) is 0 Å². The lowest BCUT2D eigenvalue weighted by Crippen LogP contribution is -2.37. The maximum absolute atomic E-state index is 5.66. The highest BCUT2D eigenvalue weighted by atomic mass is 16.5. The maximum atomic E-state index is 5.66. The van der Waals surface area contributed by atoms with E-state index >= 15 is 0 Å². The molecule has 0 bridgehead atoms. The second-order valence-corrected chi connectivity index (χ2v) is 5.53. The van der Waals surface area contributed by atoms with Crippen molar-refractivity contribution in [1.82, 2.24) is 10.2 Å². The average molecular weight is 226 g/mol. The van der Waals surface area contributed by atoms with Gasteiger partial charge in [-0.05, 0) is 32.2 Å². The first-order valence-corrected chi connectivity index (χ1v) is 6.84. The maximum Gasteiger partial charge on any atom is 0.0588 e. The van der Waals surface area contributed by atoms with Crippen molar-refractivity contribution in [3.8, 4) is 0 Å². The highest BCUT2D eigenvalue weighted by molar-refractivity contribution is 4.82. The molecule has 94 valence electrons. The molecule has 1 N–H and O–H groups in total. The van der Waals surface area contributed by atoms with Crippen molar-refractivity contribution < 1.29 is 4.74 Å². The molecule has 2 aliphatic rings. The Hall–Kier alpha value is -0.120. The Kier molecular flexibility index (Phi) is 4.62. The van der Waals surface area contributed by atoms with Crippen LogP contribution < -0.4 is 5.32 Å². The van der Waals surface area contributed by atoms with E-state index in [-0.39, 0.29) is 0 Å². The van der Waals surface area contributed by atoms with Gasteiger partial charge in [0.05, 0.1) is 6.10 Å². The summed E-state index contributed by atoms with van der Waals surface area (Å²) in [6.45, 7) is 9.16. The van der Waals surface area contributed by atoms with Crippen molar-refractivity contribution in [2.75, 3.05) is 26.2 Å². The van der Waals surface area contributed by atoms with E-state index in [4.69, 9.17) is 4.74 Å². The first kappa shape index (κ1) is 12.3. The van der Waals surface area contributed by atoms with Crippen LogP contribution in [0.3, 0.4) is 0 Å². The minimum absolute atomic E-state index is 0.553. The van der Waals surface area contributed by atoms with E-state index in [1.54, 1.807) is 0 Å². The third-order valence-electron chi connectivity index (χ3n) is 3.63. The molecule has 0 spiro atoms. The number of rotatable bonds is 5. The van der Waals surface area contributed by atoms with Crippen LogP contribution in [0, 0.1) is 0 Å². The summed E-state index contributed by atoms with van der Waals surface area (Å²) >= 11 is 0. The second kappa shape index (κ2) is 5.99. The van der Waals surface area contributed by atoms with Crippen molar-refractivity contribution in [3.05, 3.63) is 0 Å². The van der Waals surface area contributed by atoms with Crippen molar-refractivity contribution >= 4 is 0 Å². The molecule has 0 radical (unpaired) electrons. The molecule has 0 aromatic heterocycles. The van der Waals surface area contributed by atoms with E-state index in [0.29, 0.717) is 18.2 Å². The molecule has 2 rings (SSSR count). The van der Waals surface area contributed by atoms with E-state index in [9.17, 15) is 0 Å². The molecule has 3 nitrogen and oxygen atoms in total. The fourth-order valence-electron chi connectivity index (χ4n) is 2.84. The highest BCUT2D eigenvalue weighted by Gasteiger charge is 2.24. The lowest BCUT2D eigenvalue weighted by Gasteiger charge is -2.19. The lowest BCUT2D eigenvalue weighted by atomic mass is 10.2. The molecular weight excluding hydrogens is 200 g/mol. The predicted octanol–water partition coefficient (Wildman–Crippen LogP) is 1.63. The highest BCUT2D eigenvalue weighted by Crippen LogP contribution is 2.17. The van der Waals surface area contributed by atoms with E-state index in [1.165, 1.54) is 45.3 Å². The Morgan fingerprint density at radius 1 is 1.38 bits per heavy atom. The minimum Gasteiger partial charge on any atom is -0.378 e. The van der Waals surface area contributed by atoms with E-state index in [2.05, 4.69) is 24.1 Å². The average Bonchev–Trinajstić information content (AvgIpc) is 2.84. The van der Waals surface area contributed by atoms with Crippen LogP contribution in [-0.4, -0.2) is 49.3 Å². The molecule has 2 unspecified atom stereocenters. The van der Waals surface area contributed by atoms with Gasteiger partial charge in [0, 0.05) is 31.8 Å². The smallest absolute Gasteiger partial charge is 0.0588 e. The normalized spacial score (nSPS) is 31.7. The molecule has 3 heteroatoms. The Balaban J connectivity index is 1.60.